The average molecular weight is 312 g/mol. The van der Waals surface area contributed by atoms with E-state index in [9.17, 15) is 30.7 Å². The Kier molecular flexibility index (Phi) is 3.58. The lowest BCUT2D eigenvalue weighted by molar-refractivity contribution is 0.405. The number of nitrogens with two attached hydrogens (primary N) is 1. The summed E-state index contributed by atoms with van der Waals surface area (Å²) in [5.41, 5.74) is 1.19. The molecule has 2 aromatic heterocycles. The molecule has 0 aliphatic carbocycles. The number of rotatable bonds is 2. The van der Waals surface area contributed by atoms with Crippen molar-refractivity contribution in [3.05, 3.63) is 41.2 Å². The highest BCUT2D eigenvalue weighted by atomic mass is 19.2. The minimum atomic E-state index is -2.16. The molecule has 4 nitrogen and oxygen atoms in total. The summed E-state index contributed by atoms with van der Waals surface area (Å²) in [7, 11) is 0. The van der Waals surface area contributed by atoms with Crippen LogP contribution in [0.2, 0.25) is 0 Å². The molecule has 21 heavy (non-hydrogen) atoms. The molecule has 0 bridgehead atoms. The second kappa shape index (κ2) is 5.07. The molecule has 0 unspecified atom stereocenters. The minimum Gasteiger partial charge on any atom is -0.394 e. The van der Waals surface area contributed by atoms with E-state index in [2.05, 4.69) is 9.97 Å². The third-order valence-corrected chi connectivity index (χ3v) is 2.34. The maximum atomic E-state index is 13.3. The van der Waals surface area contributed by atoms with Gasteiger partial charge in [0.25, 0.3) is 11.9 Å². The Morgan fingerprint density at radius 1 is 0.619 bits per heavy atom. The summed E-state index contributed by atoms with van der Waals surface area (Å²) < 4.78 is 91.3. The van der Waals surface area contributed by atoms with E-state index in [1.807, 2.05) is 0 Å². The molecule has 0 aliphatic rings. The molecule has 0 aliphatic heterocycles. The number of pyridine rings is 2. The first-order chi connectivity index (χ1) is 9.73. The SMILES string of the molecule is Nc1c(F)c(F)nc(F)c1Nc1c(F)nc(F)c(F)c1F. The molecule has 0 saturated carbocycles. The zero-order chi connectivity index (χ0) is 15.9. The molecule has 3 N–H and O–H groups in total. The third-order valence-electron chi connectivity index (χ3n) is 2.34. The van der Waals surface area contributed by atoms with Gasteiger partial charge in [-0.3, -0.25) is 0 Å². The molecule has 0 atom stereocenters. The topological polar surface area (TPSA) is 63.8 Å². The average Bonchev–Trinajstić information content (AvgIpc) is 2.42. The van der Waals surface area contributed by atoms with E-state index < -0.39 is 58.3 Å². The van der Waals surface area contributed by atoms with Crippen LogP contribution in [0.25, 0.3) is 0 Å². The first kappa shape index (κ1) is 14.8. The smallest absolute Gasteiger partial charge is 0.254 e. The van der Waals surface area contributed by atoms with Crippen LogP contribution in [-0.4, -0.2) is 9.97 Å². The Bertz CT molecular complexity index is 673. The summed E-state index contributed by atoms with van der Waals surface area (Å²) in [4.78, 5) is 4.81. The normalized spacial score (nSPS) is 10.8. The Morgan fingerprint density at radius 2 is 1.10 bits per heavy atom. The molecule has 0 radical (unpaired) electrons. The molecule has 2 heterocycles. The molecule has 0 aromatic carbocycles. The molecule has 2 aromatic rings. The number of nitrogen functional groups attached to an aromatic ring is 1. The standard InChI is InChI=1S/C10H3F7N4/c11-1-2(12)7(14)20-9(16)5(1)19-6-4(18)3(13)8(15)21-10(6)17/h19H,(H2,18,21). The Labute approximate surface area is 111 Å². The maximum absolute atomic E-state index is 13.3. The van der Waals surface area contributed by atoms with Gasteiger partial charge in [-0.05, 0) is 0 Å². The van der Waals surface area contributed by atoms with Crippen LogP contribution in [-0.2, 0) is 0 Å². The molecule has 112 valence electrons. The second-order valence-electron chi connectivity index (χ2n) is 3.62. The summed E-state index contributed by atoms with van der Waals surface area (Å²) in [6.45, 7) is 0. The van der Waals surface area contributed by atoms with Gasteiger partial charge >= 0.3 is 0 Å². The predicted molar refractivity (Wildman–Crippen MR) is 55.9 cm³/mol. The highest BCUT2D eigenvalue weighted by Crippen LogP contribution is 2.31. The van der Waals surface area contributed by atoms with E-state index in [0.29, 0.717) is 0 Å². The number of aromatic nitrogens is 2. The van der Waals surface area contributed by atoms with E-state index in [0.717, 1.165) is 0 Å². The lowest BCUT2D eigenvalue weighted by Gasteiger charge is -2.12. The predicted octanol–water partition coefficient (Wildman–Crippen LogP) is 2.78. The maximum Gasteiger partial charge on any atom is 0.254 e. The van der Waals surface area contributed by atoms with Crippen molar-refractivity contribution in [2.75, 3.05) is 11.1 Å². The van der Waals surface area contributed by atoms with Gasteiger partial charge in [-0.25, -0.2) is 4.39 Å². The number of anilines is 3. The number of hydrogen-bond acceptors (Lipinski definition) is 4. The van der Waals surface area contributed by atoms with Gasteiger partial charge in [-0.2, -0.15) is 36.3 Å². The van der Waals surface area contributed by atoms with Crippen LogP contribution in [0, 0.1) is 41.2 Å². The van der Waals surface area contributed by atoms with Gasteiger partial charge in [-0.1, -0.05) is 0 Å². The quantitative estimate of drug-likeness (QED) is 0.661. The molecule has 11 heteroatoms. The second-order valence-corrected chi connectivity index (χ2v) is 3.62. The number of nitrogens with zero attached hydrogens (tertiary/aromatic N) is 2. The number of nitrogens with one attached hydrogen (secondary N) is 1. The van der Waals surface area contributed by atoms with Gasteiger partial charge in [0.15, 0.2) is 5.82 Å². The summed E-state index contributed by atoms with van der Waals surface area (Å²) in [6.07, 6.45) is 0. The molecule has 0 spiro atoms. The fourth-order valence-electron chi connectivity index (χ4n) is 1.36. The monoisotopic (exact) mass is 312 g/mol. The van der Waals surface area contributed by atoms with Gasteiger partial charge in [0, 0.05) is 0 Å². The van der Waals surface area contributed by atoms with Crippen molar-refractivity contribution in [1.82, 2.24) is 9.97 Å². The summed E-state index contributed by atoms with van der Waals surface area (Å²) in [6, 6.07) is 0. The van der Waals surface area contributed by atoms with Crippen LogP contribution < -0.4 is 11.1 Å². The van der Waals surface area contributed by atoms with E-state index in [4.69, 9.17) is 5.73 Å². The van der Waals surface area contributed by atoms with Crippen LogP contribution in [0.4, 0.5) is 47.8 Å². The van der Waals surface area contributed by atoms with Crippen molar-refractivity contribution < 1.29 is 30.7 Å². The zero-order valence-corrected chi connectivity index (χ0v) is 9.62. The molecular weight excluding hydrogens is 309 g/mol. The van der Waals surface area contributed by atoms with Crippen molar-refractivity contribution in [1.29, 1.82) is 0 Å². The first-order valence-electron chi connectivity index (χ1n) is 5.01. The van der Waals surface area contributed by atoms with Gasteiger partial charge in [0.2, 0.25) is 23.5 Å². The molecule has 0 saturated heterocycles. The molecule has 0 amide bonds. The lowest BCUT2D eigenvalue weighted by Crippen LogP contribution is -2.11. The largest absolute Gasteiger partial charge is 0.394 e. The van der Waals surface area contributed by atoms with Crippen molar-refractivity contribution in [2.45, 2.75) is 0 Å². The summed E-state index contributed by atoms with van der Waals surface area (Å²) in [5.74, 6) is -13.7. The molecule has 2 rings (SSSR count). The van der Waals surface area contributed by atoms with E-state index in [1.165, 1.54) is 5.32 Å². The lowest BCUT2D eigenvalue weighted by atomic mass is 10.3. The summed E-state index contributed by atoms with van der Waals surface area (Å²) >= 11 is 0. The highest BCUT2D eigenvalue weighted by molar-refractivity contribution is 5.72. The van der Waals surface area contributed by atoms with Crippen molar-refractivity contribution in [2.24, 2.45) is 0 Å². The van der Waals surface area contributed by atoms with Gasteiger partial charge in [-0.15, -0.1) is 0 Å². The van der Waals surface area contributed by atoms with Crippen LogP contribution in [0.1, 0.15) is 0 Å². The van der Waals surface area contributed by atoms with Crippen LogP contribution in [0.15, 0.2) is 0 Å². The minimum absolute atomic E-state index is 1.17. The van der Waals surface area contributed by atoms with E-state index in [-0.39, 0.29) is 0 Å². The highest BCUT2D eigenvalue weighted by Gasteiger charge is 2.25. The molecular formula is C10H3F7N4. The van der Waals surface area contributed by atoms with E-state index >= 15 is 0 Å². The number of hydrogen-bond donors (Lipinski definition) is 2. The fraction of sp³-hybridized carbons (Fsp3) is 0. The van der Waals surface area contributed by atoms with Gasteiger partial charge < -0.3 is 11.1 Å². The van der Waals surface area contributed by atoms with Gasteiger partial charge in [0.1, 0.15) is 17.1 Å². The van der Waals surface area contributed by atoms with Crippen LogP contribution in [0.3, 0.4) is 0 Å². The zero-order valence-electron chi connectivity index (χ0n) is 9.62. The van der Waals surface area contributed by atoms with E-state index in [1.54, 1.807) is 0 Å². The Hall–Kier alpha value is -2.59. The summed E-state index contributed by atoms with van der Waals surface area (Å²) in [5, 5.41) is 1.52. The van der Waals surface area contributed by atoms with Crippen molar-refractivity contribution in [3.63, 3.8) is 0 Å². The van der Waals surface area contributed by atoms with Crippen molar-refractivity contribution in [3.8, 4) is 0 Å². The first-order valence-corrected chi connectivity index (χ1v) is 5.01. The Morgan fingerprint density at radius 3 is 1.67 bits per heavy atom. The fourth-order valence-corrected chi connectivity index (χ4v) is 1.36. The molecule has 0 fully saturated rings. The number of halogens is 7. The van der Waals surface area contributed by atoms with Crippen LogP contribution >= 0.6 is 0 Å². The Balaban J connectivity index is 2.59. The van der Waals surface area contributed by atoms with Crippen LogP contribution in [0.5, 0.6) is 0 Å². The third kappa shape index (κ3) is 2.41. The van der Waals surface area contributed by atoms with Crippen molar-refractivity contribution >= 4 is 17.1 Å². The van der Waals surface area contributed by atoms with Gasteiger partial charge in [0.05, 0.1) is 0 Å².